The van der Waals surface area contributed by atoms with Gasteiger partial charge in [-0.1, -0.05) is 19.1 Å². The van der Waals surface area contributed by atoms with Gasteiger partial charge < -0.3 is 4.57 Å². The van der Waals surface area contributed by atoms with Crippen LogP contribution in [0.3, 0.4) is 0 Å². The van der Waals surface area contributed by atoms with E-state index in [1.54, 1.807) is 0 Å². The normalized spacial score (nSPS) is 11.4. The first-order chi connectivity index (χ1) is 9.61. The Morgan fingerprint density at radius 3 is 2.75 bits per heavy atom. The fourth-order valence-corrected chi connectivity index (χ4v) is 3.41. The molecule has 0 saturated heterocycles. The first-order valence-electron chi connectivity index (χ1n) is 6.86. The summed E-state index contributed by atoms with van der Waals surface area (Å²) in [6.07, 6.45) is 3.10. The number of hydrogen-bond acceptors (Lipinski definition) is 1. The van der Waals surface area contributed by atoms with Crippen molar-refractivity contribution in [1.29, 1.82) is 0 Å². The van der Waals surface area contributed by atoms with Crippen LogP contribution < -0.4 is 0 Å². The summed E-state index contributed by atoms with van der Waals surface area (Å²) in [6, 6.07) is 8.63. The van der Waals surface area contributed by atoms with Crippen molar-refractivity contribution < 1.29 is 0 Å². The fourth-order valence-electron chi connectivity index (χ4n) is 2.67. The second-order valence-corrected chi connectivity index (χ2v) is 5.93. The lowest BCUT2D eigenvalue weighted by atomic mass is 10.1. The zero-order valence-corrected chi connectivity index (χ0v) is 13.6. The number of nitrogens with zero attached hydrogens (tertiary/aromatic N) is 3. The zero-order chi connectivity index (χ0) is 14.3. The van der Waals surface area contributed by atoms with Crippen LogP contribution in [-0.2, 0) is 20.0 Å². The highest BCUT2D eigenvalue weighted by Crippen LogP contribution is 2.25. The molecule has 4 heteroatoms. The SMILES string of the molecule is CCc1nn(C)c(Cn2ccc3c(C)cccc32)c1Br. The van der Waals surface area contributed by atoms with Crippen LogP contribution in [0.4, 0.5) is 0 Å². The van der Waals surface area contributed by atoms with Crippen molar-refractivity contribution in [2.45, 2.75) is 26.8 Å². The Morgan fingerprint density at radius 2 is 2.05 bits per heavy atom. The van der Waals surface area contributed by atoms with E-state index >= 15 is 0 Å². The lowest BCUT2D eigenvalue weighted by Gasteiger charge is -2.07. The highest BCUT2D eigenvalue weighted by molar-refractivity contribution is 9.10. The number of hydrogen-bond donors (Lipinski definition) is 0. The molecule has 3 rings (SSSR count). The molecule has 0 bridgehead atoms. The topological polar surface area (TPSA) is 22.8 Å². The van der Waals surface area contributed by atoms with Gasteiger partial charge in [-0.2, -0.15) is 5.10 Å². The summed E-state index contributed by atoms with van der Waals surface area (Å²) >= 11 is 3.69. The van der Waals surface area contributed by atoms with Gasteiger partial charge in [0, 0.05) is 24.1 Å². The lowest BCUT2D eigenvalue weighted by Crippen LogP contribution is -2.05. The van der Waals surface area contributed by atoms with Gasteiger partial charge in [0.2, 0.25) is 0 Å². The highest BCUT2D eigenvalue weighted by atomic mass is 79.9. The molecule has 0 amide bonds. The monoisotopic (exact) mass is 331 g/mol. The molecule has 0 aliphatic carbocycles. The van der Waals surface area contributed by atoms with Crippen LogP contribution in [-0.4, -0.2) is 14.3 Å². The Labute approximate surface area is 127 Å². The molecule has 0 fully saturated rings. The Hall–Kier alpha value is -1.55. The van der Waals surface area contributed by atoms with E-state index in [1.807, 2.05) is 11.7 Å². The summed E-state index contributed by atoms with van der Waals surface area (Å²) in [4.78, 5) is 0. The minimum atomic E-state index is 0.830. The van der Waals surface area contributed by atoms with E-state index in [-0.39, 0.29) is 0 Å². The Morgan fingerprint density at radius 1 is 1.25 bits per heavy atom. The van der Waals surface area contributed by atoms with E-state index in [2.05, 4.69) is 69.9 Å². The van der Waals surface area contributed by atoms with Gasteiger partial charge in [-0.05, 0) is 47.0 Å². The molecule has 0 unspecified atom stereocenters. The minimum Gasteiger partial charge on any atom is -0.341 e. The summed E-state index contributed by atoms with van der Waals surface area (Å²) in [7, 11) is 2.01. The predicted molar refractivity (Wildman–Crippen MR) is 86.1 cm³/mol. The average Bonchev–Trinajstić information content (AvgIpc) is 2.96. The van der Waals surface area contributed by atoms with E-state index in [4.69, 9.17) is 0 Å². The second-order valence-electron chi connectivity index (χ2n) is 5.14. The van der Waals surface area contributed by atoms with E-state index in [9.17, 15) is 0 Å². The maximum absolute atomic E-state index is 4.56. The summed E-state index contributed by atoms with van der Waals surface area (Å²) in [5.74, 6) is 0. The second kappa shape index (κ2) is 5.09. The first-order valence-corrected chi connectivity index (χ1v) is 7.65. The number of fused-ring (bicyclic) bond motifs is 1. The van der Waals surface area contributed by atoms with Crippen LogP contribution >= 0.6 is 15.9 Å². The molecule has 0 spiro atoms. The van der Waals surface area contributed by atoms with Crippen molar-refractivity contribution in [2.75, 3.05) is 0 Å². The van der Waals surface area contributed by atoms with Gasteiger partial charge in [0.1, 0.15) is 0 Å². The quantitative estimate of drug-likeness (QED) is 0.709. The lowest BCUT2D eigenvalue weighted by molar-refractivity contribution is 0.668. The molecule has 2 aromatic heterocycles. The maximum Gasteiger partial charge on any atom is 0.0767 e. The number of benzene rings is 1. The van der Waals surface area contributed by atoms with Gasteiger partial charge in [-0.3, -0.25) is 4.68 Å². The Bertz CT molecular complexity index is 767. The first kappa shape index (κ1) is 13.4. The molecule has 0 radical (unpaired) electrons. The molecule has 104 valence electrons. The van der Waals surface area contributed by atoms with E-state index < -0.39 is 0 Å². The fraction of sp³-hybridized carbons (Fsp3) is 0.312. The Kier molecular flexibility index (Phi) is 3.42. The third-order valence-electron chi connectivity index (χ3n) is 3.85. The minimum absolute atomic E-state index is 0.830. The van der Waals surface area contributed by atoms with Gasteiger partial charge in [-0.25, -0.2) is 0 Å². The van der Waals surface area contributed by atoms with E-state index in [1.165, 1.54) is 22.2 Å². The molecule has 0 saturated carbocycles. The molecule has 0 N–H and O–H groups in total. The van der Waals surface area contributed by atoms with Gasteiger partial charge >= 0.3 is 0 Å². The van der Waals surface area contributed by atoms with Crippen molar-refractivity contribution in [3.63, 3.8) is 0 Å². The van der Waals surface area contributed by atoms with Crippen LogP contribution in [0.25, 0.3) is 10.9 Å². The maximum atomic E-state index is 4.56. The van der Waals surface area contributed by atoms with Gasteiger partial charge in [0.05, 0.1) is 22.4 Å². The smallest absolute Gasteiger partial charge is 0.0767 e. The van der Waals surface area contributed by atoms with Crippen molar-refractivity contribution in [2.24, 2.45) is 7.05 Å². The molecular weight excluding hydrogens is 314 g/mol. The molecule has 3 nitrogen and oxygen atoms in total. The van der Waals surface area contributed by atoms with E-state index in [0.717, 1.165) is 23.1 Å². The molecule has 20 heavy (non-hydrogen) atoms. The predicted octanol–water partition coefficient (Wildman–Crippen LogP) is 4.06. The van der Waals surface area contributed by atoms with Crippen LogP contribution in [0.1, 0.15) is 23.9 Å². The van der Waals surface area contributed by atoms with Gasteiger partial charge in [0.25, 0.3) is 0 Å². The summed E-state index contributed by atoms with van der Waals surface area (Å²) in [6.45, 7) is 5.12. The van der Waals surface area contributed by atoms with E-state index in [0.29, 0.717) is 0 Å². The van der Waals surface area contributed by atoms with Crippen molar-refractivity contribution in [3.05, 3.63) is 51.9 Å². The van der Waals surface area contributed by atoms with Crippen molar-refractivity contribution >= 4 is 26.8 Å². The summed E-state index contributed by atoms with van der Waals surface area (Å²) in [5.41, 5.74) is 4.92. The van der Waals surface area contributed by atoms with Crippen LogP contribution in [0.15, 0.2) is 34.9 Å². The largest absolute Gasteiger partial charge is 0.341 e. The van der Waals surface area contributed by atoms with Crippen molar-refractivity contribution in [1.82, 2.24) is 14.3 Å². The average molecular weight is 332 g/mol. The van der Waals surface area contributed by atoms with Crippen molar-refractivity contribution in [3.8, 4) is 0 Å². The number of aromatic nitrogens is 3. The van der Waals surface area contributed by atoms with Crippen LogP contribution in [0.5, 0.6) is 0 Å². The molecule has 0 atom stereocenters. The zero-order valence-electron chi connectivity index (χ0n) is 12.0. The number of aryl methyl sites for hydroxylation is 3. The Balaban J connectivity index is 2.06. The van der Waals surface area contributed by atoms with Crippen LogP contribution in [0.2, 0.25) is 0 Å². The number of halogens is 1. The van der Waals surface area contributed by atoms with Crippen LogP contribution in [0, 0.1) is 6.92 Å². The molecule has 1 aromatic carbocycles. The molecule has 0 aliphatic heterocycles. The standard InChI is InChI=1S/C16H18BrN3/c1-4-13-16(17)15(19(3)18-13)10-20-9-8-12-11(2)6-5-7-14(12)20/h5-9H,4,10H2,1-3H3. The summed E-state index contributed by atoms with van der Waals surface area (Å²) < 4.78 is 5.39. The van der Waals surface area contributed by atoms with Gasteiger partial charge in [0.15, 0.2) is 0 Å². The molecule has 3 aromatic rings. The molecule has 0 aliphatic rings. The third-order valence-corrected chi connectivity index (χ3v) is 4.77. The van der Waals surface area contributed by atoms with Gasteiger partial charge in [-0.15, -0.1) is 0 Å². The number of rotatable bonds is 3. The molecule has 2 heterocycles. The third kappa shape index (κ3) is 2.08. The molecular formula is C16H18BrN3. The highest BCUT2D eigenvalue weighted by Gasteiger charge is 2.13. The summed E-state index contributed by atoms with van der Waals surface area (Å²) in [5, 5.41) is 5.88.